The number of Topliss-reactive ketones (excluding diaryl/α,β-unsaturated/α-hetero) is 1. The van der Waals surface area contributed by atoms with Crippen LogP contribution < -0.4 is 15.2 Å². The van der Waals surface area contributed by atoms with Crippen LogP contribution >= 0.6 is 11.3 Å². The Morgan fingerprint density at radius 1 is 1.14 bits per heavy atom. The predicted octanol–water partition coefficient (Wildman–Crippen LogP) is 5.05. The van der Waals surface area contributed by atoms with Crippen molar-refractivity contribution >= 4 is 33.0 Å². The lowest BCUT2D eigenvalue weighted by Crippen LogP contribution is -1.97. The minimum atomic E-state index is -0.0392. The summed E-state index contributed by atoms with van der Waals surface area (Å²) in [5, 5.41) is 0.852. The zero-order valence-corrected chi connectivity index (χ0v) is 16.4. The highest BCUT2D eigenvalue weighted by Crippen LogP contribution is 2.49. The molecule has 0 radical (unpaired) electrons. The van der Waals surface area contributed by atoms with Crippen LogP contribution in [0.2, 0.25) is 0 Å². The Labute approximate surface area is 170 Å². The number of ketones is 1. The minimum Gasteiger partial charge on any atom is -0.454 e. The molecular weight excluding hydrogens is 384 g/mol. The molecule has 6 heteroatoms. The van der Waals surface area contributed by atoms with E-state index in [1.54, 1.807) is 6.92 Å². The van der Waals surface area contributed by atoms with Crippen molar-refractivity contribution in [3.8, 4) is 33.9 Å². The Morgan fingerprint density at radius 3 is 2.83 bits per heavy atom. The summed E-state index contributed by atoms with van der Waals surface area (Å²) in [6.45, 7) is 1.77. The molecule has 0 bridgehead atoms. The molecule has 0 atom stereocenters. The number of aromatic nitrogens is 1. The van der Waals surface area contributed by atoms with E-state index >= 15 is 0 Å². The lowest BCUT2D eigenvalue weighted by molar-refractivity contribution is 0.102. The van der Waals surface area contributed by atoms with Gasteiger partial charge in [0.1, 0.15) is 4.83 Å². The van der Waals surface area contributed by atoms with E-state index in [1.165, 1.54) is 16.9 Å². The molecule has 0 spiro atoms. The average Bonchev–Trinajstić information content (AvgIpc) is 3.41. The zero-order chi connectivity index (χ0) is 19.7. The molecule has 0 saturated carbocycles. The first-order valence-corrected chi connectivity index (χ1v) is 10.2. The van der Waals surface area contributed by atoms with Gasteiger partial charge in [0.2, 0.25) is 6.79 Å². The number of hydrogen-bond acceptors (Lipinski definition) is 6. The summed E-state index contributed by atoms with van der Waals surface area (Å²) >= 11 is 1.37. The number of benzene rings is 2. The average molecular weight is 400 g/mol. The van der Waals surface area contributed by atoms with Crippen molar-refractivity contribution in [2.75, 3.05) is 12.5 Å². The number of nitrogens with zero attached hydrogens (tertiary/aromatic N) is 1. The van der Waals surface area contributed by atoms with Crippen LogP contribution in [0.25, 0.3) is 32.6 Å². The molecule has 2 aromatic heterocycles. The number of thiophene rings is 1. The predicted molar refractivity (Wildman–Crippen MR) is 114 cm³/mol. The lowest BCUT2D eigenvalue weighted by Gasteiger charge is -2.12. The van der Waals surface area contributed by atoms with Crippen LogP contribution in [-0.4, -0.2) is 17.6 Å². The van der Waals surface area contributed by atoms with Gasteiger partial charge in [0, 0.05) is 24.3 Å². The van der Waals surface area contributed by atoms with Crippen molar-refractivity contribution in [1.82, 2.24) is 4.98 Å². The van der Waals surface area contributed by atoms with Crippen molar-refractivity contribution in [2.24, 2.45) is 0 Å². The topological polar surface area (TPSA) is 74.4 Å². The molecule has 2 aromatic carbocycles. The summed E-state index contributed by atoms with van der Waals surface area (Å²) in [6, 6.07) is 14.3. The number of carbonyl (C=O) groups is 1. The lowest BCUT2D eigenvalue weighted by atomic mass is 9.94. The minimum absolute atomic E-state index is 0.0392. The van der Waals surface area contributed by atoms with Gasteiger partial charge < -0.3 is 15.2 Å². The maximum Gasteiger partial charge on any atom is 0.231 e. The summed E-state index contributed by atoms with van der Waals surface area (Å²) in [4.78, 5) is 18.5. The van der Waals surface area contributed by atoms with Gasteiger partial charge in [-0.25, -0.2) is 4.98 Å². The van der Waals surface area contributed by atoms with Gasteiger partial charge in [0.05, 0.1) is 16.3 Å². The first-order valence-electron chi connectivity index (χ1n) is 9.36. The van der Waals surface area contributed by atoms with Crippen LogP contribution in [0.1, 0.15) is 27.7 Å². The number of rotatable bonds is 2. The van der Waals surface area contributed by atoms with Gasteiger partial charge in [0.15, 0.2) is 17.3 Å². The SMILES string of the molecule is CC(=O)c1sc2nc3c(c(-c4ccc5c(c4)OCO5)c2c1N)Cc1ccccc1-3. The van der Waals surface area contributed by atoms with Crippen molar-refractivity contribution < 1.29 is 14.3 Å². The quantitative estimate of drug-likeness (QED) is 0.420. The van der Waals surface area contributed by atoms with Crippen LogP contribution in [0.3, 0.4) is 0 Å². The van der Waals surface area contributed by atoms with Crippen LogP contribution in [0.4, 0.5) is 5.69 Å². The van der Waals surface area contributed by atoms with Crippen LogP contribution in [0, 0.1) is 0 Å². The second kappa shape index (κ2) is 5.81. The molecule has 4 aromatic rings. The largest absolute Gasteiger partial charge is 0.454 e. The Kier molecular flexibility index (Phi) is 3.32. The van der Waals surface area contributed by atoms with Crippen molar-refractivity contribution in [2.45, 2.75) is 13.3 Å². The van der Waals surface area contributed by atoms with Gasteiger partial charge in [-0.3, -0.25) is 4.79 Å². The second-order valence-corrected chi connectivity index (χ2v) is 8.30. The summed E-state index contributed by atoms with van der Waals surface area (Å²) in [7, 11) is 0. The van der Waals surface area contributed by atoms with Crippen molar-refractivity contribution in [1.29, 1.82) is 0 Å². The number of nitrogen functional groups attached to an aromatic ring is 1. The molecule has 2 aliphatic rings. The molecule has 3 heterocycles. The van der Waals surface area contributed by atoms with E-state index in [1.807, 2.05) is 24.3 Å². The van der Waals surface area contributed by atoms with Gasteiger partial charge in [-0.15, -0.1) is 11.3 Å². The number of carbonyl (C=O) groups excluding carboxylic acids is 1. The maximum atomic E-state index is 12.2. The third-order valence-corrected chi connectivity index (χ3v) is 6.80. The smallest absolute Gasteiger partial charge is 0.231 e. The molecule has 6 rings (SSSR count). The highest BCUT2D eigenvalue weighted by Gasteiger charge is 2.29. The molecule has 142 valence electrons. The molecule has 0 fully saturated rings. The van der Waals surface area contributed by atoms with Gasteiger partial charge in [0.25, 0.3) is 0 Å². The fraction of sp³-hybridized carbons (Fsp3) is 0.130. The number of ether oxygens (including phenoxy) is 2. The summed E-state index contributed by atoms with van der Waals surface area (Å²) in [6.07, 6.45) is 0.781. The van der Waals surface area contributed by atoms with E-state index < -0.39 is 0 Å². The Morgan fingerprint density at radius 2 is 1.97 bits per heavy atom. The van der Waals surface area contributed by atoms with Crippen LogP contribution in [-0.2, 0) is 6.42 Å². The molecule has 5 nitrogen and oxygen atoms in total. The van der Waals surface area contributed by atoms with E-state index in [-0.39, 0.29) is 12.6 Å². The molecule has 0 unspecified atom stereocenters. The van der Waals surface area contributed by atoms with Crippen molar-refractivity contribution in [3.63, 3.8) is 0 Å². The highest BCUT2D eigenvalue weighted by atomic mass is 32.1. The van der Waals surface area contributed by atoms with Crippen molar-refractivity contribution in [3.05, 3.63) is 58.5 Å². The number of nitrogens with two attached hydrogens (primary N) is 1. The van der Waals surface area contributed by atoms with Crippen LogP contribution in [0.5, 0.6) is 11.5 Å². The summed E-state index contributed by atoms with van der Waals surface area (Å²) in [5.41, 5.74) is 13.5. The zero-order valence-electron chi connectivity index (χ0n) is 15.6. The Bertz CT molecular complexity index is 1360. The van der Waals surface area contributed by atoms with E-state index in [4.69, 9.17) is 20.2 Å². The van der Waals surface area contributed by atoms with E-state index in [0.717, 1.165) is 56.1 Å². The fourth-order valence-electron chi connectivity index (χ4n) is 4.31. The molecule has 0 saturated heterocycles. The number of hydrogen-bond donors (Lipinski definition) is 1. The van der Waals surface area contributed by atoms with Crippen LogP contribution in [0.15, 0.2) is 42.5 Å². The monoisotopic (exact) mass is 400 g/mol. The Balaban J connectivity index is 1.72. The number of fused-ring (bicyclic) bond motifs is 5. The third kappa shape index (κ3) is 2.26. The molecular formula is C23H16N2O3S. The molecule has 1 aliphatic heterocycles. The Hall–Kier alpha value is -3.38. The van der Waals surface area contributed by atoms with E-state index in [9.17, 15) is 4.79 Å². The highest BCUT2D eigenvalue weighted by molar-refractivity contribution is 7.21. The van der Waals surface area contributed by atoms with Gasteiger partial charge in [-0.05, 0) is 34.4 Å². The van der Waals surface area contributed by atoms with Gasteiger partial charge in [-0.1, -0.05) is 30.3 Å². The first-order chi connectivity index (χ1) is 14.1. The number of anilines is 1. The normalized spacial score (nSPS) is 13.6. The maximum absolute atomic E-state index is 12.2. The summed E-state index contributed by atoms with van der Waals surface area (Å²) in [5.74, 6) is 1.42. The first kappa shape index (κ1) is 16.6. The third-order valence-electron chi connectivity index (χ3n) is 5.60. The molecule has 29 heavy (non-hydrogen) atoms. The second-order valence-electron chi connectivity index (χ2n) is 7.30. The fourth-order valence-corrected chi connectivity index (χ4v) is 5.31. The molecule has 0 amide bonds. The summed E-state index contributed by atoms with van der Waals surface area (Å²) < 4.78 is 11.1. The van der Waals surface area contributed by atoms with E-state index in [0.29, 0.717) is 10.6 Å². The molecule has 1 aliphatic carbocycles. The van der Waals surface area contributed by atoms with E-state index in [2.05, 4.69) is 18.2 Å². The number of pyridine rings is 1. The standard InChI is InChI=1S/C23H16N2O3S/c1-11(26)22-20(24)19-18(13-6-7-16-17(9-13)28-10-27-16)15-8-12-4-2-3-5-14(12)21(15)25-23(19)29-22/h2-7,9H,8,10,24H2,1H3. The molecule has 2 N–H and O–H groups in total. The van der Waals surface area contributed by atoms with Gasteiger partial charge in [-0.2, -0.15) is 0 Å². The van der Waals surface area contributed by atoms with Gasteiger partial charge >= 0.3 is 0 Å².